The summed E-state index contributed by atoms with van der Waals surface area (Å²) >= 11 is 4.97. The van der Waals surface area contributed by atoms with E-state index in [0.717, 1.165) is 17.5 Å². The van der Waals surface area contributed by atoms with Gasteiger partial charge in [0.1, 0.15) is 5.69 Å². The summed E-state index contributed by atoms with van der Waals surface area (Å²) in [5, 5.41) is 10.4. The van der Waals surface area contributed by atoms with Crippen LogP contribution in [-0.4, -0.2) is 21.1 Å². The molecule has 0 saturated heterocycles. The number of nitrogens with one attached hydrogen (secondary N) is 1. The number of aryl methyl sites for hydroxylation is 2. The predicted molar refractivity (Wildman–Crippen MR) is 77.1 cm³/mol. The second-order valence-corrected chi connectivity index (χ2v) is 4.44. The van der Waals surface area contributed by atoms with Crippen LogP contribution in [0.5, 0.6) is 0 Å². The first-order valence-electron chi connectivity index (χ1n) is 5.93. The molecule has 0 saturated carbocycles. The van der Waals surface area contributed by atoms with Gasteiger partial charge >= 0.3 is 0 Å². The number of H-pyrrole nitrogens is 1. The number of rotatable bonds is 4. The molecule has 0 atom stereocenters. The van der Waals surface area contributed by atoms with Gasteiger partial charge in [-0.1, -0.05) is 30.3 Å². The summed E-state index contributed by atoms with van der Waals surface area (Å²) in [5.41, 5.74) is 1.28. The lowest BCUT2D eigenvalue weighted by Crippen LogP contribution is -2.22. The zero-order valence-electron chi connectivity index (χ0n) is 10.5. The van der Waals surface area contributed by atoms with E-state index in [1.54, 1.807) is 13.1 Å². The molecule has 1 aromatic heterocycles. The third-order valence-corrected chi connectivity index (χ3v) is 2.88. The Morgan fingerprint density at radius 3 is 2.89 bits per heavy atom. The Labute approximate surface area is 115 Å². The van der Waals surface area contributed by atoms with Crippen molar-refractivity contribution in [3.63, 3.8) is 0 Å². The number of aromatic nitrogens is 3. The van der Waals surface area contributed by atoms with E-state index < -0.39 is 0 Å². The van der Waals surface area contributed by atoms with Crippen molar-refractivity contribution in [3.05, 3.63) is 56.7 Å². The van der Waals surface area contributed by atoms with Crippen molar-refractivity contribution < 1.29 is 0 Å². The van der Waals surface area contributed by atoms with Gasteiger partial charge in [0.2, 0.25) is 4.77 Å². The SMILES string of the molecule is Cc1n[nH]c(=S)n(/N=C\CCc2ccccc2)c1=O. The smallest absolute Gasteiger partial charge is 0.265 e. The summed E-state index contributed by atoms with van der Waals surface area (Å²) in [6, 6.07) is 10.1. The highest BCUT2D eigenvalue weighted by Crippen LogP contribution is 2.00. The molecule has 2 aromatic rings. The van der Waals surface area contributed by atoms with Crippen LogP contribution in [0.3, 0.4) is 0 Å². The quantitative estimate of drug-likeness (QED) is 0.686. The molecule has 5 nitrogen and oxygen atoms in total. The lowest BCUT2D eigenvalue weighted by Gasteiger charge is -1.99. The lowest BCUT2D eigenvalue weighted by molar-refractivity contribution is 0.717. The molecule has 19 heavy (non-hydrogen) atoms. The van der Waals surface area contributed by atoms with Crippen molar-refractivity contribution in [1.29, 1.82) is 0 Å². The van der Waals surface area contributed by atoms with Crippen molar-refractivity contribution in [2.45, 2.75) is 19.8 Å². The summed E-state index contributed by atoms with van der Waals surface area (Å²) in [7, 11) is 0. The van der Waals surface area contributed by atoms with Crippen molar-refractivity contribution >= 4 is 18.4 Å². The summed E-state index contributed by atoms with van der Waals surface area (Å²) < 4.78 is 1.36. The molecule has 0 spiro atoms. The molecule has 0 aliphatic rings. The topological polar surface area (TPSA) is 63.0 Å². The third-order valence-electron chi connectivity index (χ3n) is 2.62. The Hall–Kier alpha value is -2.08. The predicted octanol–water partition coefficient (Wildman–Crippen LogP) is 2.08. The van der Waals surface area contributed by atoms with Crippen molar-refractivity contribution in [2.24, 2.45) is 5.10 Å². The largest absolute Gasteiger partial charge is 0.296 e. The van der Waals surface area contributed by atoms with E-state index in [2.05, 4.69) is 27.4 Å². The molecule has 98 valence electrons. The molecule has 2 rings (SSSR count). The number of aromatic amines is 1. The molecular weight excluding hydrogens is 260 g/mol. The number of hydrogen-bond acceptors (Lipinski definition) is 4. The number of nitrogens with zero attached hydrogens (tertiary/aromatic N) is 3. The van der Waals surface area contributed by atoms with Crippen molar-refractivity contribution in [2.75, 3.05) is 0 Å². The average Bonchev–Trinajstić information content (AvgIpc) is 2.43. The third kappa shape index (κ3) is 3.45. The van der Waals surface area contributed by atoms with Crippen LogP contribution in [0, 0.1) is 11.7 Å². The molecule has 6 heteroatoms. The molecule has 1 aromatic carbocycles. The zero-order chi connectivity index (χ0) is 13.7. The van der Waals surface area contributed by atoms with Crippen LogP contribution in [0.15, 0.2) is 40.2 Å². The fourth-order valence-electron chi connectivity index (χ4n) is 1.59. The van der Waals surface area contributed by atoms with Gasteiger partial charge in [0, 0.05) is 6.21 Å². The Bertz CT molecular complexity index is 688. The first-order valence-corrected chi connectivity index (χ1v) is 6.34. The Morgan fingerprint density at radius 2 is 2.16 bits per heavy atom. The Balaban J connectivity index is 2.06. The van der Waals surface area contributed by atoms with E-state index in [0.29, 0.717) is 5.69 Å². The monoisotopic (exact) mass is 274 g/mol. The van der Waals surface area contributed by atoms with Gasteiger partial charge in [0.15, 0.2) is 0 Å². The van der Waals surface area contributed by atoms with Gasteiger partial charge in [-0.15, -0.1) is 0 Å². The van der Waals surface area contributed by atoms with E-state index >= 15 is 0 Å². The highest BCUT2D eigenvalue weighted by atomic mass is 32.1. The second kappa shape index (κ2) is 6.19. The van der Waals surface area contributed by atoms with Crippen LogP contribution in [0.4, 0.5) is 0 Å². The number of benzene rings is 1. The maximum atomic E-state index is 11.8. The van der Waals surface area contributed by atoms with Crippen molar-refractivity contribution in [1.82, 2.24) is 14.9 Å². The molecule has 1 N–H and O–H groups in total. The summed E-state index contributed by atoms with van der Waals surface area (Å²) in [4.78, 5) is 11.8. The number of hydrogen-bond donors (Lipinski definition) is 1. The molecule has 0 aliphatic heterocycles. The van der Waals surface area contributed by atoms with Gasteiger partial charge in [-0.25, -0.2) is 0 Å². The van der Waals surface area contributed by atoms with Crippen LogP contribution in [-0.2, 0) is 6.42 Å². The summed E-state index contributed by atoms with van der Waals surface area (Å²) in [6.07, 6.45) is 3.31. The van der Waals surface area contributed by atoms with Crippen LogP contribution < -0.4 is 5.56 Å². The van der Waals surface area contributed by atoms with Crippen LogP contribution >= 0.6 is 12.2 Å². The fourth-order valence-corrected chi connectivity index (χ4v) is 1.77. The van der Waals surface area contributed by atoms with E-state index in [4.69, 9.17) is 12.2 Å². The molecule has 0 amide bonds. The van der Waals surface area contributed by atoms with Gasteiger partial charge in [0.05, 0.1) is 0 Å². The van der Waals surface area contributed by atoms with Gasteiger partial charge in [0.25, 0.3) is 5.56 Å². The van der Waals surface area contributed by atoms with Gasteiger partial charge < -0.3 is 0 Å². The van der Waals surface area contributed by atoms with E-state index in [-0.39, 0.29) is 10.3 Å². The Morgan fingerprint density at radius 1 is 1.42 bits per heavy atom. The second-order valence-electron chi connectivity index (χ2n) is 4.05. The fraction of sp³-hybridized carbons (Fsp3) is 0.231. The lowest BCUT2D eigenvalue weighted by atomic mass is 10.1. The normalized spacial score (nSPS) is 11.0. The minimum absolute atomic E-state index is 0.201. The maximum Gasteiger partial charge on any atom is 0.296 e. The van der Waals surface area contributed by atoms with Crippen molar-refractivity contribution in [3.8, 4) is 0 Å². The molecule has 0 fully saturated rings. The molecule has 0 radical (unpaired) electrons. The highest BCUT2D eigenvalue weighted by Gasteiger charge is 2.00. The molecular formula is C13H14N4OS. The van der Waals surface area contributed by atoms with Gasteiger partial charge in [-0.05, 0) is 37.5 Å². The molecule has 0 aliphatic carbocycles. The average molecular weight is 274 g/mol. The standard InChI is InChI=1S/C13H14N4OS/c1-10-12(18)17(13(19)16-15-10)14-9-5-8-11-6-3-2-4-7-11/h2-4,6-7,9H,5,8H2,1H3,(H,16,19)/b14-9-. The molecule has 0 unspecified atom stereocenters. The first kappa shape index (κ1) is 13.4. The summed E-state index contributed by atoms with van der Waals surface area (Å²) in [5.74, 6) is 0. The first-order chi connectivity index (χ1) is 9.18. The highest BCUT2D eigenvalue weighted by molar-refractivity contribution is 7.71. The van der Waals surface area contributed by atoms with E-state index in [1.165, 1.54) is 5.56 Å². The Kier molecular flexibility index (Phi) is 4.35. The van der Waals surface area contributed by atoms with E-state index in [1.807, 2.05) is 18.2 Å². The molecule has 0 bridgehead atoms. The minimum Gasteiger partial charge on any atom is -0.265 e. The molecule has 1 heterocycles. The van der Waals surface area contributed by atoms with Gasteiger partial charge in [-0.2, -0.15) is 14.9 Å². The van der Waals surface area contributed by atoms with E-state index in [9.17, 15) is 4.79 Å². The minimum atomic E-state index is -0.292. The maximum absolute atomic E-state index is 11.8. The van der Waals surface area contributed by atoms with Crippen LogP contribution in [0.25, 0.3) is 0 Å². The van der Waals surface area contributed by atoms with Crippen LogP contribution in [0.1, 0.15) is 17.7 Å². The van der Waals surface area contributed by atoms with Gasteiger partial charge in [-0.3, -0.25) is 9.89 Å². The van der Waals surface area contributed by atoms with Crippen LogP contribution in [0.2, 0.25) is 0 Å². The summed E-state index contributed by atoms with van der Waals surface area (Å²) in [6.45, 7) is 1.61. The zero-order valence-corrected chi connectivity index (χ0v) is 11.4.